The topological polar surface area (TPSA) is 24.5 Å². The Morgan fingerprint density at radius 2 is 2.67 bits per heavy atom. The number of likely N-dealkylation sites (N-methyl/N-ethyl adjacent to an activating group) is 1. The molecular weight excluding hydrogens is 80.0 g/mol. The summed E-state index contributed by atoms with van der Waals surface area (Å²) in [6.45, 7) is 1.93. The van der Waals surface area contributed by atoms with E-state index in [1.165, 1.54) is 0 Å². The van der Waals surface area contributed by atoms with Crippen LogP contribution in [0.5, 0.6) is 0 Å². The van der Waals surface area contributed by atoms with Crippen LogP contribution < -0.4 is 5.48 Å². The number of nitrogens with zero attached hydrogens (tertiary/aromatic N) is 1. The molecule has 0 aliphatic carbocycles. The standard InChI is InChI=1S/C3H8N2O/c1-5-3-2-4-6-5/h4H,2-3H2,1H3. The quantitative estimate of drug-likeness (QED) is 0.426. The van der Waals surface area contributed by atoms with Gasteiger partial charge in [-0.3, -0.25) is 0 Å². The van der Waals surface area contributed by atoms with Gasteiger partial charge in [0.1, 0.15) is 0 Å². The normalized spacial score (nSPS) is 25.5. The molecule has 0 aromatic heterocycles. The molecule has 1 aliphatic heterocycles. The lowest BCUT2D eigenvalue weighted by Crippen LogP contribution is -2.11. The number of rotatable bonds is 0. The van der Waals surface area contributed by atoms with Gasteiger partial charge in [0.05, 0.1) is 0 Å². The third-order valence-corrected chi connectivity index (χ3v) is 0.749. The van der Waals surface area contributed by atoms with Gasteiger partial charge in [0.25, 0.3) is 0 Å². The molecular formula is C3H8N2O. The van der Waals surface area contributed by atoms with Crippen LogP contribution in [-0.2, 0) is 4.94 Å². The third-order valence-electron chi connectivity index (χ3n) is 0.749. The Morgan fingerprint density at radius 1 is 1.83 bits per heavy atom. The van der Waals surface area contributed by atoms with E-state index in [1.807, 2.05) is 7.05 Å². The first-order chi connectivity index (χ1) is 2.89. The van der Waals surface area contributed by atoms with Gasteiger partial charge in [-0.05, 0) is 0 Å². The van der Waals surface area contributed by atoms with E-state index >= 15 is 0 Å². The molecule has 0 spiro atoms. The zero-order chi connectivity index (χ0) is 4.41. The van der Waals surface area contributed by atoms with Gasteiger partial charge in [0, 0.05) is 20.1 Å². The summed E-state index contributed by atoms with van der Waals surface area (Å²) in [6, 6.07) is 0. The molecule has 0 bridgehead atoms. The fraction of sp³-hybridized carbons (Fsp3) is 1.00. The highest BCUT2D eigenvalue weighted by Crippen LogP contribution is 1.84. The molecule has 1 aliphatic rings. The maximum absolute atomic E-state index is 4.74. The van der Waals surface area contributed by atoms with Crippen LogP contribution >= 0.6 is 0 Å². The van der Waals surface area contributed by atoms with Gasteiger partial charge in [-0.15, -0.1) is 0 Å². The fourth-order valence-electron chi connectivity index (χ4n) is 0.405. The first kappa shape index (κ1) is 4.05. The monoisotopic (exact) mass is 88.1 g/mol. The Bertz CT molecular complexity index is 42.1. The first-order valence-corrected chi connectivity index (χ1v) is 2.00. The van der Waals surface area contributed by atoms with Crippen molar-refractivity contribution in [2.45, 2.75) is 0 Å². The minimum Gasteiger partial charge on any atom is -0.211 e. The van der Waals surface area contributed by atoms with Gasteiger partial charge in [0.15, 0.2) is 0 Å². The fourth-order valence-corrected chi connectivity index (χ4v) is 0.405. The lowest BCUT2D eigenvalue weighted by Gasteiger charge is -1.99. The average Bonchev–Trinajstić information content (AvgIpc) is 1.86. The molecule has 0 unspecified atom stereocenters. The SMILES string of the molecule is CN1CCNO1. The van der Waals surface area contributed by atoms with Crippen LogP contribution in [0.15, 0.2) is 0 Å². The van der Waals surface area contributed by atoms with Gasteiger partial charge < -0.3 is 0 Å². The number of hydrogen-bond acceptors (Lipinski definition) is 3. The molecule has 0 saturated carbocycles. The van der Waals surface area contributed by atoms with E-state index in [-0.39, 0.29) is 0 Å². The molecule has 1 N–H and O–H groups in total. The van der Waals surface area contributed by atoms with Crippen molar-refractivity contribution in [3.05, 3.63) is 0 Å². The van der Waals surface area contributed by atoms with E-state index in [0.717, 1.165) is 13.1 Å². The lowest BCUT2D eigenvalue weighted by atomic mass is 10.7. The predicted molar refractivity (Wildman–Crippen MR) is 21.7 cm³/mol. The molecule has 36 valence electrons. The smallest absolute Gasteiger partial charge is 0.0405 e. The van der Waals surface area contributed by atoms with E-state index in [2.05, 4.69) is 5.48 Å². The van der Waals surface area contributed by atoms with Gasteiger partial charge in [-0.1, -0.05) is 0 Å². The van der Waals surface area contributed by atoms with Crippen LogP contribution in [0.25, 0.3) is 0 Å². The van der Waals surface area contributed by atoms with Gasteiger partial charge in [-0.2, -0.15) is 10.5 Å². The minimum absolute atomic E-state index is 0.941. The summed E-state index contributed by atoms with van der Waals surface area (Å²) in [4.78, 5) is 4.74. The van der Waals surface area contributed by atoms with Crippen molar-refractivity contribution in [1.29, 1.82) is 0 Å². The number of hydrogen-bond donors (Lipinski definition) is 1. The molecule has 1 saturated heterocycles. The summed E-state index contributed by atoms with van der Waals surface area (Å²) in [7, 11) is 1.89. The molecule has 3 heteroatoms. The minimum atomic E-state index is 0.941. The maximum Gasteiger partial charge on any atom is 0.0405 e. The summed E-state index contributed by atoms with van der Waals surface area (Å²) in [5.74, 6) is 0. The Kier molecular flexibility index (Phi) is 1.05. The highest BCUT2D eigenvalue weighted by Gasteiger charge is 2.03. The average molecular weight is 88.1 g/mol. The zero-order valence-corrected chi connectivity index (χ0v) is 3.77. The van der Waals surface area contributed by atoms with Crippen molar-refractivity contribution in [3.8, 4) is 0 Å². The highest BCUT2D eigenvalue weighted by molar-refractivity contribution is 4.42. The van der Waals surface area contributed by atoms with Crippen LogP contribution in [-0.4, -0.2) is 25.2 Å². The highest BCUT2D eigenvalue weighted by atomic mass is 16.8. The molecule has 6 heavy (non-hydrogen) atoms. The molecule has 0 radical (unpaired) electrons. The summed E-state index contributed by atoms with van der Waals surface area (Å²) in [6.07, 6.45) is 0. The molecule has 0 atom stereocenters. The van der Waals surface area contributed by atoms with Crippen molar-refractivity contribution < 1.29 is 4.94 Å². The van der Waals surface area contributed by atoms with Crippen molar-refractivity contribution in [1.82, 2.24) is 10.5 Å². The molecule has 3 nitrogen and oxygen atoms in total. The molecule has 1 rings (SSSR count). The van der Waals surface area contributed by atoms with E-state index in [1.54, 1.807) is 5.06 Å². The van der Waals surface area contributed by atoms with Gasteiger partial charge >= 0.3 is 0 Å². The third kappa shape index (κ3) is 0.680. The second kappa shape index (κ2) is 1.55. The number of hydroxylamine groups is 3. The summed E-state index contributed by atoms with van der Waals surface area (Å²) >= 11 is 0. The number of nitrogens with one attached hydrogen (secondary N) is 1. The van der Waals surface area contributed by atoms with Crippen LogP contribution in [0, 0.1) is 0 Å². The van der Waals surface area contributed by atoms with Crippen LogP contribution in [0.1, 0.15) is 0 Å². The molecule has 0 aromatic carbocycles. The van der Waals surface area contributed by atoms with Crippen LogP contribution in [0.2, 0.25) is 0 Å². The zero-order valence-electron chi connectivity index (χ0n) is 3.77. The van der Waals surface area contributed by atoms with Crippen molar-refractivity contribution in [2.75, 3.05) is 20.1 Å². The van der Waals surface area contributed by atoms with Crippen molar-refractivity contribution in [2.24, 2.45) is 0 Å². The Balaban J connectivity index is 2.18. The maximum atomic E-state index is 4.74. The van der Waals surface area contributed by atoms with Crippen molar-refractivity contribution in [3.63, 3.8) is 0 Å². The van der Waals surface area contributed by atoms with Crippen LogP contribution in [0.4, 0.5) is 0 Å². The van der Waals surface area contributed by atoms with E-state index in [9.17, 15) is 0 Å². The lowest BCUT2D eigenvalue weighted by molar-refractivity contribution is -0.138. The predicted octanol–water partition coefficient (Wildman–Crippen LogP) is -0.632. The van der Waals surface area contributed by atoms with Gasteiger partial charge in [0.2, 0.25) is 0 Å². The molecule has 0 amide bonds. The van der Waals surface area contributed by atoms with Crippen LogP contribution in [0.3, 0.4) is 0 Å². The van der Waals surface area contributed by atoms with Crippen molar-refractivity contribution >= 4 is 0 Å². The Morgan fingerprint density at radius 3 is 2.83 bits per heavy atom. The molecule has 1 fully saturated rings. The second-order valence-electron chi connectivity index (χ2n) is 1.34. The van der Waals surface area contributed by atoms with E-state index in [4.69, 9.17) is 4.94 Å². The van der Waals surface area contributed by atoms with E-state index in [0.29, 0.717) is 0 Å². The summed E-state index contributed by atoms with van der Waals surface area (Å²) in [5.41, 5.74) is 2.70. The largest absolute Gasteiger partial charge is 0.211 e. The Labute approximate surface area is 36.8 Å². The van der Waals surface area contributed by atoms with Gasteiger partial charge in [-0.25, -0.2) is 4.94 Å². The Hall–Kier alpha value is -0.120. The summed E-state index contributed by atoms with van der Waals surface area (Å²) < 4.78 is 0. The first-order valence-electron chi connectivity index (χ1n) is 2.00. The molecule has 1 heterocycles. The second-order valence-corrected chi connectivity index (χ2v) is 1.34. The molecule has 0 aromatic rings. The van der Waals surface area contributed by atoms with E-state index < -0.39 is 0 Å². The summed E-state index contributed by atoms with van der Waals surface area (Å²) in [5, 5.41) is 1.75.